The van der Waals surface area contributed by atoms with E-state index in [1.807, 2.05) is 0 Å². The molecule has 0 spiro atoms. The van der Waals surface area contributed by atoms with Gasteiger partial charge in [-0.05, 0) is 13.0 Å². The molecule has 0 amide bonds. The van der Waals surface area contributed by atoms with Crippen molar-refractivity contribution in [3.05, 3.63) is 0 Å². The van der Waals surface area contributed by atoms with Gasteiger partial charge in [-0.3, -0.25) is 4.57 Å². The highest BCUT2D eigenvalue weighted by molar-refractivity contribution is 7.50. The van der Waals surface area contributed by atoms with Gasteiger partial charge in [0.15, 0.2) is 0 Å². The van der Waals surface area contributed by atoms with Crippen molar-refractivity contribution in [1.82, 2.24) is 0 Å². The Morgan fingerprint density at radius 3 is 1.04 bits per heavy atom. The van der Waals surface area contributed by atoms with Crippen LogP contribution in [-0.4, -0.2) is 23.0 Å². The Morgan fingerprint density at radius 1 is 0.625 bits per heavy atom. The van der Waals surface area contributed by atoms with Gasteiger partial charge < -0.3 is 15.5 Å². The van der Waals surface area contributed by atoms with Crippen LogP contribution in [0.4, 0.5) is 0 Å². The molecule has 0 bridgehead atoms. The lowest BCUT2D eigenvalue weighted by Gasteiger charge is -2.03. The van der Waals surface area contributed by atoms with Gasteiger partial charge >= 0.3 is 7.60 Å². The molecule has 0 aliphatic carbocycles. The molecule has 0 heterocycles. The highest BCUT2D eigenvalue weighted by Crippen LogP contribution is 2.26. The molecule has 0 saturated heterocycles. The average Bonchev–Trinajstić information content (AvgIpc) is 2.49. The van der Waals surface area contributed by atoms with Crippen LogP contribution in [0, 0.1) is 0 Å². The molecule has 4 N–H and O–H groups in total. The molecule has 0 saturated carbocycles. The van der Waals surface area contributed by atoms with E-state index < -0.39 is 7.60 Å². The third-order valence-electron chi connectivity index (χ3n) is 4.06. The molecule has 148 valence electrons. The van der Waals surface area contributed by atoms with Crippen LogP contribution in [0.5, 0.6) is 0 Å². The molecule has 0 aromatic rings. The Balaban J connectivity index is 0. The third-order valence-corrected chi connectivity index (χ3v) is 4.06. The standard InChI is InChI=1S/C18H39N.CH5O3P/c1-2-3-4-5-6-7-8-9-10-11-12-13-14-15-16-17-18-19;1-5(2,3)4/h2-19H2,1H3;1H3,(H2,2,3,4). The fourth-order valence-corrected chi connectivity index (χ4v) is 2.69. The molecule has 0 rings (SSSR count). The minimum Gasteiger partial charge on any atom is -0.330 e. The van der Waals surface area contributed by atoms with Crippen molar-refractivity contribution in [2.75, 3.05) is 13.2 Å². The summed E-state index contributed by atoms with van der Waals surface area (Å²) in [6.45, 7) is 4.02. The Labute approximate surface area is 151 Å². The van der Waals surface area contributed by atoms with Gasteiger partial charge in [0, 0.05) is 6.66 Å². The second-order valence-electron chi connectivity index (χ2n) is 6.93. The first-order valence-corrected chi connectivity index (χ1v) is 12.2. The molecule has 0 aromatic heterocycles. The molecular formula is C19H44NO3P. The summed E-state index contributed by atoms with van der Waals surface area (Å²) in [5, 5.41) is 0. The predicted octanol–water partition coefficient (Wildman–Crippen LogP) is 6.00. The van der Waals surface area contributed by atoms with Crippen molar-refractivity contribution in [2.45, 2.75) is 110 Å². The molecule has 0 radical (unpaired) electrons. The molecule has 4 nitrogen and oxygen atoms in total. The van der Waals surface area contributed by atoms with Crippen molar-refractivity contribution in [3.63, 3.8) is 0 Å². The second-order valence-corrected chi connectivity index (χ2v) is 8.60. The van der Waals surface area contributed by atoms with Crippen molar-refractivity contribution in [3.8, 4) is 0 Å². The highest BCUT2D eigenvalue weighted by atomic mass is 31.2. The Hall–Kier alpha value is 0.110. The van der Waals surface area contributed by atoms with E-state index in [0.717, 1.165) is 13.2 Å². The summed E-state index contributed by atoms with van der Waals surface area (Å²) in [5.74, 6) is 0. The van der Waals surface area contributed by atoms with Gasteiger partial charge in [0.25, 0.3) is 0 Å². The summed E-state index contributed by atoms with van der Waals surface area (Å²) in [6.07, 6.45) is 22.9. The van der Waals surface area contributed by atoms with Crippen molar-refractivity contribution in [1.29, 1.82) is 0 Å². The molecule has 0 unspecified atom stereocenters. The SMILES string of the molecule is CCCCCCCCCCCCCCCCCCN.CP(=O)(O)O. The maximum absolute atomic E-state index is 9.33. The first-order chi connectivity index (χ1) is 11.4. The van der Waals surface area contributed by atoms with Crippen molar-refractivity contribution >= 4 is 7.60 Å². The number of hydrogen-bond donors (Lipinski definition) is 3. The van der Waals surface area contributed by atoms with E-state index in [2.05, 4.69) is 6.92 Å². The molecule has 0 aliphatic heterocycles. The van der Waals surface area contributed by atoms with Crippen LogP contribution >= 0.6 is 7.60 Å². The number of rotatable bonds is 16. The van der Waals surface area contributed by atoms with Crippen LogP contribution in [0.3, 0.4) is 0 Å². The van der Waals surface area contributed by atoms with Gasteiger partial charge in [-0.25, -0.2) is 0 Å². The summed E-state index contributed by atoms with van der Waals surface area (Å²) in [6, 6.07) is 0. The second kappa shape index (κ2) is 21.2. The fraction of sp³-hybridized carbons (Fsp3) is 1.00. The quantitative estimate of drug-likeness (QED) is 0.231. The van der Waals surface area contributed by atoms with Gasteiger partial charge in [-0.15, -0.1) is 0 Å². The lowest BCUT2D eigenvalue weighted by Crippen LogP contribution is -1.97. The molecule has 0 fully saturated rings. The molecular weight excluding hydrogens is 321 g/mol. The zero-order chi connectivity index (χ0) is 18.5. The largest absolute Gasteiger partial charge is 0.330 e. The molecule has 0 atom stereocenters. The summed E-state index contributed by atoms with van der Waals surface area (Å²) < 4.78 is 9.33. The minimum atomic E-state index is -3.64. The van der Waals surface area contributed by atoms with Gasteiger partial charge in [0.05, 0.1) is 0 Å². The topological polar surface area (TPSA) is 83.6 Å². The lowest BCUT2D eigenvalue weighted by atomic mass is 10.0. The molecule has 5 heteroatoms. The van der Waals surface area contributed by atoms with Crippen LogP contribution in [-0.2, 0) is 4.57 Å². The zero-order valence-electron chi connectivity index (χ0n) is 16.3. The minimum absolute atomic E-state index is 0.854. The summed E-state index contributed by atoms with van der Waals surface area (Å²) in [5.41, 5.74) is 5.48. The maximum Gasteiger partial charge on any atom is 0.322 e. The Morgan fingerprint density at radius 2 is 0.833 bits per heavy atom. The van der Waals surface area contributed by atoms with Gasteiger partial charge in [0.2, 0.25) is 0 Å². The van der Waals surface area contributed by atoms with Crippen molar-refractivity contribution < 1.29 is 14.4 Å². The summed E-state index contributed by atoms with van der Waals surface area (Å²) in [7, 11) is -3.64. The molecule has 24 heavy (non-hydrogen) atoms. The summed E-state index contributed by atoms with van der Waals surface area (Å²) in [4.78, 5) is 15.3. The lowest BCUT2D eigenvalue weighted by molar-refractivity contribution is 0.381. The monoisotopic (exact) mass is 365 g/mol. The smallest absolute Gasteiger partial charge is 0.322 e. The fourth-order valence-electron chi connectivity index (χ4n) is 2.69. The van der Waals surface area contributed by atoms with Crippen LogP contribution < -0.4 is 5.73 Å². The predicted molar refractivity (Wildman–Crippen MR) is 107 cm³/mol. The van der Waals surface area contributed by atoms with E-state index in [-0.39, 0.29) is 0 Å². The van der Waals surface area contributed by atoms with E-state index >= 15 is 0 Å². The van der Waals surface area contributed by atoms with E-state index in [1.165, 1.54) is 103 Å². The number of hydrogen-bond acceptors (Lipinski definition) is 2. The van der Waals surface area contributed by atoms with E-state index in [0.29, 0.717) is 0 Å². The molecule has 0 aliphatic rings. The van der Waals surface area contributed by atoms with Crippen LogP contribution in [0.1, 0.15) is 110 Å². The van der Waals surface area contributed by atoms with Crippen LogP contribution in [0.25, 0.3) is 0 Å². The first kappa shape index (κ1) is 26.3. The van der Waals surface area contributed by atoms with Gasteiger partial charge in [0.1, 0.15) is 0 Å². The number of nitrogens with two attached hydrogens (primary N) is 1. The van der Waals surface area contributed by atoms with E-state index in [1.54, 1.807) is 0 Å². The Kier molecular flexibility index (Phi) is 23.2. The van der Waals surface area contributed by atoms with Crippen LogP contribution in [0.15, 0.2) is 0 Å². The maximum atomic E-state index is 9.33. The van der Waals surface area contributed by atoms with E-state index in [9.17, 15) is 4.57 Å². The third kappa shape index (κ3) is 38.0. The number of unbranched alkanes of at least 4 members (excludes halogenated alkanes) is 15. The van der Waals surface area contributed by atoms with Gasteiger partial charge in [-0.2, -0.15) is 0 Å². The van der Waals surface area contributed by atoms with E-state index in [4.69, 9.17) is 15.5 Å². The normalized spacial score (nSPS) is 11.2. The van der Waals surface area contributed by atoms with Crippen LogP contribution in [0.2, 0.25) is 0 Å². The Bertz CT molecular complexity index is 245. The van der Waals surface area contributed by atoms with Crippen molar-refractivity contribution in [2.24, 2.45) is 5.73 Å². The van der Waals surface area contributed by atoms with Gasteiger partial charge in [-0.1, -0.05) is 103 Å². The first-order valence-electron chi connectivity index (χ1n) is 10.1. The zero-order valence-corrected chi connectivity index (χ0v) is 17.2. The average molecular weight is 366 g/mol. The molecule has 0 aromatic carbocycles. The highest BCUT2D eigenvalue weighted by Gasteiger charge is 1.96. The summed E-state index contributed by atoms with van der Waals surface area (Å²) >= 11 is 0.